The molecule has 0 spiro atoms. The van der Waals surface area contributed by atoms with E-state index in [-0.39, 0.29) is 11.5 Å². The maximum absolute atomic E-state index is 14.1. The van der Waals surface area contributed by atoms with Crippen LogP contribution in [-0.4, -0.2) is 23.8 Å². The summed E-state index contributed by atoms with van der Waals surface area (Å²) in [5.41, 5.74) is 3.50. The number of pyridine rings is 1. The highest BCUT2D eigenvalue weighted by molar-refractivity contribution is 6.07. The van der Waals surface area contributed by atoms with Gasteiger partial charge in [0.2, 0.25) is 0 Å². The number of aromatic nitrogens is 1. The van der Waals surface area contributed by atoms with Crippen molar-refractivity contribution in [3.63, 3.8) is 0 Å². The van der Waals surface area contributed by atoms with Crippen LogP contribution in [0.5, 0.6) is 0 Å². The number of anilines is 3. The normalized spacial score (nSPS) is 12.9. The van der Waals surface area contributed by atoms with E-state index in [1.807, 2.05) is 31.2 Å². The number of rotatable bonds is 6. The molecule has 0 unspecified atom stereocenters. The van der Waals surface area contributed by atoms with Crippen molar-refractivity contribution in [1.29, 1.82) is 0 Å². The van der Waals surface area contributed by atoms with Gasteiger partial charge in [-0.15, -0.1) is 0 Å². The molecule has 3 N–H and O–H groups in total. The lowest BCUT2D eigenvalue weighted by Gasteiger charge is -2.15. The van der Waals surface area contributed by atoms with E-state index < -0.39 is 11.7 Å². The molecule has 3 aromatic rings. The molecule has 4 rings (SSSR count). The average molecular weight is 418 g/mol. The van der Waals surface area contributed by atoms with Crippen LogP contribution in [0.3, 0.4) is 0 Å². The first-order chi connectivity index (χ1) is 14.9. The first kappa shape index (κ1) is 20.5. The lowest BCUT2D eigenvalue weighted by Crippen LogP contribution is -2.20. The van der Waals surface area contributed by atoms with Crippen LogP contribution in [0, 0.1) is 12.7 Å². The van der Waals surface area contributed by atoms with Crippen molar-refractivity contribution in [2.45, 2.75) is 25.7 Å². The summed E-state index contributed by atoms with van der Waals surface area (Å²) >= 11 is 0. The number of nitrogens with one attached hydrogen (secondary N) is 3. The second kappa shape index (κ2) is 8.55. The molecule has 2 amide bonds. The van der Waals surface area contributed by atoms with Gasteiger partial charge in [0, 0.05) is 24.5 Å². The van der Waals surface area contributed by atoms with Gasteiger partial charge in [-0.3, -0.25) is 9.59 Å². The molecule has 1 aliphatic rings. The minimum atomic E-state index is -0.468. The molecule has 158 valence electrons. The zero-order valence-corrected chi connectivity index (χ0v) is 17.3. The van der Waals surface area contributed by atoms with E-state index in [4.69, 9.17) is 0 Å². The van der Waals surface area contributed by atoms with Gasteiger partial charge in [0.15, 0.2) is 5.82 Å². The zero-order chi connectivity index (χ0) is 22.0. The number of para-hydroxylation sites is 1. The van der Waals surface area contributed by atoms with Gasteiger partial charge in [0.25, 0.3) is 11.8 Å². The Kier molecular flexibility index (Phi) is 5.66. The summed E-state index contributed by atoms with van der Waals surface area (Å²) in [5.74, 6) is -0.532. The molecule has 1 saturated carbocycles. The van der Waals surface area contributed by atoms with E-state index in [1.165, 1.54) is 25.4 Å². The molecule has 0 saturated heterocycles. The molecule has 1 fully saturated rings. The van der Waals surface area contributed by atoms with E-state index >= 15 is 0 Å². The Bertz CT molecular complexity index is 1160. The zero-order valence-electron chi connectivity index (χ0n) is 17.3. The van der Waals surface area contributed by atoms with Crippen LogP contribution in [0.4, 0.5) is 21.6 Å². The van der Waals surface area contributed by atoms with Crippen LogP contribution in [0.2, 0.25) is 0 Å². The second-order valence-corrected chi connectivity index (χ2v) is 7.64. The van der Waals surface area contributed by atoms with Gasteiger partial charge in [0.05, 0.1) is 11.3 Å². The molecule has 6 nitrogen and oxygen atoms in total. The van der Waals surface area contributed by atoms with Gasteiger partial charge in [0.1, 0.15) is 5.82 Å². The predicted molar refractivity (Wildman–Crippen MR) is 118 cm³/mol. The van der Waals surface area contributed by atoms with Crippen LogP contribution in [0.1, 0.15) is 50.6 Å². The van der Waals surface area contributed by atoms with E-state index in [0.29, 0.717) is 23.0 Å². The van der Waals surface area contributed by atoms with E-state index in [9.17, 15) is 14.0 Å². The summed E-state index contributed by atoms with van der Waals surface area (Å²) in [6.45, 7) is 1.95. The Morgan fingerprint density at radius 3 is 2.48 bits per heavy atom. The van der Waals surface area contributed by atoms with Gasteiger partial charge in [-0.25, -0.2) is 9.37 Å². The minimum absolute atomic E-state index is 0.231. The molecule has 31 heavy (non-hydrogen) atoms. The summed E-state index contributed by atoms with van der Waals surface area (Å²) in [6, 6.07) is 13.6. The monoisotopic (exact) mass is 418 g/mol. The smallest absolute Gasteiger partial charge is 0.255 e. The Morgan fingerprint density at radius 2 is 1.77 bits per heavy atom. The van der Waals surface area contributed by atoms with Crippen LogP contribution in [0.25, 0.3) is 0 Å². The van der Waals surface area contributed by atoms with Crippen molar-refractivity contribution in [2.75, 3.05) is 17.7 Å². The number of amides is 2. The lowest BCUT2D eigenvalue weighted by atomic mass is 10.1. The number of benzene rings is 2. The van der Waals surface area contributed by atoms with E-state index in [1.54, 1.807) is 12.1 Å². The highest BCUT2D eigenvalue weighted by atomic mass is 19.1. The van der Waals surface area contributed by atoms with Gasteiger partial charge in [-0.2, -0.15) is 0 Å². The number of halogens is 1. The van der Waals surface area contributed by atoms with Gasteiger partial charge in [-0.1, -0.05) is 18.2 Å². The Balaban J connectivity index is 1.67. The highest BCUT2D eigenvalue weighted by Crippen LogP contribution is 2.40. The summed E-state index contributed by atoms with van der Waals surface area (Å²) in [7, 11) is 1.52. The first-order valence-corrected chi connectivity index (χ1v) is 10.1. The highest BCUT2D eigenvalue weighted by Gasteiger charge is 2.25. The number of carbonyl (C=O) groups is 2. The lowest BCUT2D eigenvalue weighted by molar-refractivity contribution is 0.0961. The Hall–Kier alpha value is -3.74. The molecule has 1 aromatic heterocycles. The fourth-order valence-corrected chi connectivity index (χ4v) is 3.36. The topological polar surface area (TPSA) is 83.1 Å². The van der Waals surface area contributed by atoms with Crippen LogP contribution in [-0.2, 0) is 0 Å². The maximum Gasteiger partial charge on any atom is 0.255 e. The summed E-state index contributed by atoms with van der Waals surface area (Å²) in [5, 5.41) is 8.53. The van der Waals surface area contributed by atoms with Gasteiger partial charge < -0.3 is 16.0 Å². The van der Waals surface area contributed by atoms with E-state index in [2.05, 4.69) is 20.9 Å². The van der Waals surface area contributed by atoms with Crippen molar-refractivity contribution >= 4 is 29.0 Å². The third-order valence-electron chi connectivity index (χ3n) is 5.25. The van der Waals surface area contributed by atoms with Gasteiger partial charge in [-0.05, 0) is 67.1 Å². The molecule has 0 bridgehead atoms. The van der Waals surface area contributed by atoms with Crippen molar-refractivity contribution in [3.8, 4) is 0 Å². The van der Waals surface area contributed by atoms with Gasteiger partial charge >= 0.3 is 0 Å². The molecule has 1 heterocycles. The average Bonchev–Trinajstić information content (AvgIpc) is 3.61. The third kappa shape index (κ3) is 4.71. The minimum Gasteiger partial charge on any atom is -0.355 e. The first-order valence-electron chi connectivity index (χ1n) is 10.1. The largest absolute Gasteiger partial charge is 0.355 e. The fourth-order valence-electron chi connectivity index (χ4n) is 3.36. The molecule has 2 aromatic carbocycles. The molecule has 7 heteroatoms. The van der Waals surface area contributed by atoms with Crippen LogP contribution < -0.4 is 16.0 Å². The molecule has 0 atom stereocenters. The van der Waals surface area contributed by atoms with Crippen molar-refractivity contribution < 1.29 is 14.0 Å². The SMILES string of the molecule is CNC(=O)c1cnc(Nc2ccccc2C)c(NC(=O)c2cc(F)cc(C3CC3)c2)c1. The number of nitrogens with zero attached hydrogens (tertiary/aromatic N) is 1. The predicted octanol–water partition coefficient (Wildman–Crippen LogP) is 4.76. The number of hydrogen-bond donors (Lipinski definition) is 3. The van der Waals surface area contributed by atoms with E-state index in [0.717, 1.165) is 29.7 Å². The molecule has 0 radical (unpaired) electrons. The summed E-state index contributed by atoms with van der Waals surface area (Å²) in [4.78, 5) is 29.4. The summed E-state index contributed by atoms with van der Waals surface area (Å²) in [6.07, 6.45) is 3.45. The summed E-state index contributed by atoms with van der Waals surface area (Å²) < 4.78 is 14.1. The number of aryl methyl sites for hydroxylation is 1. The molecule has 1 aliphatic carbocycles. The quantitative estimate of drug-likeness (QED) is 0.539. The fraction of sp³-hybridized carbons (Fsp3) is 0.208. The van der Waals surface area contributed by atoms with Crippen LogP contribution >= 0.6 is 0 Å². The number of hydrogen-bond acceptors (Lipinski definition) is 4. The Labute approximate surface area is 179 Å². The Morgan fingerprint density at radius 1 is 1.00 bits per heavy atom. The van der Waals surface area contributed by atoms with Crippen LogP contribution in [0.15, 0.2) is 54.7 Å². The molecular weight excluding hydrogens is 395 g/mol. The van der Waals surface area contributed by atoms with Crippen molar-refractivity contribution in [2.24, 2.45) is 0 Å². The standard InChI is InChI=1S/C24H23FN4O2/c1-14-5-3-4-6-20(14)28-22-21(12-18(13-27-22)23(30)26-2)29-24(31)17-9-16(15-7-8-15)10-19(25)11-17/h3-6,9-13,15H,7-8H2,1-2H3,(H,26,30)(H,27,28)(H,29,31). The van der Waals surface area contributed by atoms with Crippen molar-refractivity contribution in [3.05, 3.63) is 82.8 Å². The second-order valence-electron chi connectivity index (χ2n) is 7.64. The third-order valence-corrected chi connectivity index (χ3v) is 5.25. The molecular formula is C24H23FN4O2. The maximum atomic E-state index is 14.1. The number of carbonyl (C=O) groups excluding carboxylic acids is 2. The molecule has 0 aliphatic heterocycles. The van der Waals surface area contributed by atoms with Crippen molar-refractivity contribution in [1.82, 2.24) is 10.3 Å².